The number of nitrogens with one attached hydrogen (secondary N) is 2. The zero-order valence-electron chi connectivity index (χ0n) is 14.2. The quantitative estimate of drug-likeness (QED) is 0.608. The van der Waals surface area contributed by atoms with Crippen molar-refractivity contribution >= 4 is 17.4 Å². The molecule has 0 saturated carbocycles. The molecular formula is C21H19N3O2. The van der Waals surface area contributed by atoms with Crippen LogP contribution < -0.4 is 15.4 Å². The molecule has 0 bridgehead atoms. The third-order valence-electron chi connectivity index (χ3n) is 3.56. The van der Waals surface area contributed by atoms with E-state index in [2.05, 4.69) is 22.2 Å². The molecule has 0 unspecified atom stereocenters. The molecule has 0 fully saturated rings. The van der Waals surface area contributed by atoms with E-state index in [1.54, 1.807) is 24.3 Å². The van der Waals surface area contributed by atoms with Gasteiger partial charge in [0, 0.05) is 12.7 Å². The Labute approximate surface area is 152 Å². The summed E-state index contributed by atoms with van der Waals surface area (Å²) in [5.74, 6) is 1.71. The summed E-state index contributed by atoms with van der Waals surface area (Å²) in [5.41, 5.74) is 1.05. The van der Waals surface area contributed by atoms with Crippen molar-refractivity contribution in [3.05, 3.63) is 91.1 Å². The number of para-hydroxylation sites is 3. The van der Waals surface area contributed by atoms with Gasteiger partial charge < -0.3 is 15.4 Å². The Bertz CT molecular complexity index is 877. The standard InChI is InChI=1S/C21H19N3O2/c1-2-14-22-20-13-12-16(15-23-20)21(25)24-18-10-6-7-11-19(18)26-17-8-4-3-5-9-17/h2-13,15H,1,14H2,(H,22,23)(H,24,25). The number of anilines is 2. The molecular weight excluding hydrogens is 326 g/mol. The number of ether oxygens (including phenoxy) is 1. The smallest absolute Gasteiger partial charge is 0.257 e. The number of amides is 1. The highest BCUT2D eigenvalue weighted by atomic mass is 16.5. The molecule has 2 aromatic carbocycles. The predicted molar refractivity (Wildman–Crippen MR) is 104 cm³/mol. The summed E-state index contributed by atoms with van der Waals surface area (Å²) in [6.45, 7) is 4.25. The molecule has 0 aliphatic rings. The van der Waals surface area contributed by atoms with Gasteiger partial charge in [-0.3, -0.25) is 4.79 Å². The Balaban J connectivity index is 1.72. The molecule has 130 valence electrons. The Morgan fingerprint density at radius 3 is 2.54 bits per heavy atom. The minimum Gasteiger partial charge on any atom is -0.455 e. The number of nitrogens with zero attached hydrogens (tertiary/aromatic N) is 1. The minimum absolute atomic E-state index is 0.253. The van der Waals surface area contributed by atoms with Crippen LogP contribution in [0.3, 0.4) is 0 Å². The van der Waals surface area contributed by atoms with Gasteiger partial charge in [0.2, 0.25) is 0 Å². The zero-order valence-corrected chi connectivity index (χ0v) is 14.2. The van der Waals surface area contributed by atoms with Crippen LogP contribution in [0.2, 0.25) is 0 Å². The molecule has 0 atom stereocenters. The van der Waals surface area contributed by atoms with Crippen LogP contribution in [0.5, 0.6) is 11.5 Å². The fraction of sp³-hybridized carbons (Fsp3) is 0.0476. The van der Waals surface area contributed by atoms with Gasteiger partial charge in [-0.05, 0) is 36.4 Å². The van der Waals surface area contributed by atoms with Crippen molar-refractivity contribution in [2.24, 2.45) is 0 Å². The first-order valence-electron chi connectivity index (χ1n) is 8.20. The van der Waals surface area contributed by atoms with E-state index in [-0.39, 0.29) is 5.91 Å². The molecule has 3 aromatic rings. The Morgan fingerprint density at radius 2 is 1.81 bits per heavy atom. The summed E-state index contributed by atoms with van der Waals surface area (Å²) in [6, 6.07) is 20.2. The monoisotopic (exact) mass is 345 g/mol. The SMILES string of the molecule is C=CCNc1ccc(C(=O)Nc2ccccc2Oc2ccccc2)cn1. The number of carbonyl (C=O) groups is 1. The average molecular weight is 345 g/mol. The van der Waals surface area contributed by atoms with E-state index in [4.69, 9.17) is 4.74 Å². The maximum Gasteiger partial charge on any atom is 0.257 e. The van der Waals surface area contributed by atoms with E-state index in [1.807, 2.05) is 48.5 Å². The maximum atomic E-state index is 12.5. The number of pyridine rings is 1. The van der Waals surface area contributed by atoms with Crippen molar-refractivity contribution < 1.29 is 9.53 Å². The normalized spacial score (nSPS) is 10.0. The molecule has 26 heavy (non-hydrogen) atoms. The summed E-state index contributed by atoms with van der Waals surface area (Å²) >= 11 is 0. The van der Waals surface area contributed by atoms with Crippen LogP contribution in [0.15, 0.2) is 85.6 Å². The molecule has 0 radical (unpaired) electrons. The summed E-state index contributed by atoms with van der Waals surface area (Å²) in [6.07, 6.45) is 3.27. The minimum atomic E-state index is -0.253. The van der Waals surface area contributed by atoms with Crippen LogP contribution in [0.25, 0.3) is 0 Å². The van der Waals surface area contributed by atoms with Crippen LogP contribution in [0.4, 0.5) is 11.5 Å². The lowest BCUT2D eigenvalue weighted by molar-refractivity contribution is 0.102. The van der Waals surface area contributed by atoms with Gasteiger partial charge in [0.05, 0.1) is 11.3 Å². The average Bonchev–Trinajstić information content (AvgIpc) is 2.69. The molecule has 1 heterocycles. The Hall–Kier alpha value is -3.60. The molecule has 1 amide bonds. The summed E-state index contributed by atoms with van der Waals surface area (Å²) in [4.78, 5) is 16.7. The van der Waals surface area contributed by atoms with Crippen molar-refractivity contribution in [3.8, 4) is 11.5 Å². The predicted octanol–water partition coefficient (Wildman–Crippen LogP) is 4.72. The molecule has 0 aliphatic heterocycles. The van der Waals surface area contributed by atoms with Crippen LogP contribution in [-0.2, 0) is 0 Å². The van der Waals surface area contributed by atoms with E-state index in [9.17, 15) is 4.79 Å². The van der Waals surface area contributed by atoms with Crippen LogP contribution in [-0.4, -0.2) is 17.4 Å². The number of carbonyl (C=O) groups excluding carboxylic acids is 1. The second-order valence-corrected chi connectivity index (χ2v) is 5.47. The summed E-state index contributed by atoms with van der Waals surface area (Å²) in [7, 11) is 0. The van der Waals surface area contributed by atoms with Gasteiger partial charge in [0.1, 0.15) is 11.6 Å². The number of rotatable bonds is 7. The van der Waals surface area contributed by atoms with E-state index in [0.29, 0.717) is 35.1 Å². The molecule has 5 nitrogen and oxygen atoms in total. The van der Waals surface area contributed by atoms with Crippen molar-refractivity contribution in [2.45, 2.75) is 0 Å². The fourth-order valence-electron chi connectivity index (χ4n) is 2.28. The number of hydrogen-bond acceptors (Lipinski definition) is 4. The van der Waals surface area contributed by atoms with E-state index >= 15 is 0 Å². The molecule has 2 N–H and O–H groups in total. The van der Waals surface area contributed by atoms with E-state index < -0.39 is 0 Å². The lowest BCUT2D eigenvalue weighted by Gasteiger charge is -2.12. The van der Waals surface area contributed by atoms with Crippen LogP contribution in [0, 0.1) is 0 Å². The van der Waals surface area contributed by atoms with E-state index in [0.717, 1.165) is 0 Å². The third kappa shape index (κ3) is 4.48. The number of aromatic nitrogens is 1. The molecule has 0 saturated heterocycles. The highest BCUT2D eigenvalue weighted by Gasteiger charge is 2.11. The highest BCUT2D eigenvalue weighted by Crippen LogP contribution is 2.29. The number of hydrogen-bond donors (Lipinski definition) is 2. The van der Waals surface area contributed by atoms with Gasteiger partial charge in [-0.25, -0.2) is 4.98 Å². The van der Waals surface area contributed by atoms with Crippen molar-refractivity contribution in [3.63, 3.8) is 0 Å². The Kier molecular flexibility index (Phi) is 5.62. The number of benzene rings is 2. The van der Waals surface area contributed by atoms with Crippen molar-refractivity contribution in [1.29, 1.82) is 0 Å². The second kappa shape index (κ2) is 8.48. The molecule has 3 rings (SSSR count). The molecule has 5 heteroatoms. The van der Waals surface area contributed by atoms with Crippen LogP contribution >= 0.6 is 0 Å². The summed E-state index contributed by atoms with van der Waals surface area (Å²) < 4.78 is 5.86. The van der Waals surface area contributed by atoms with Gasteiger partial charge in [-0.2, -0.15) is 0 Å². The maximum absolute atomic E-state index is 12.5. The highest BCUT2D eigenvalue weighted by molar-refractivity contribution is 6.04. The lowest BCUT2D eigenvalue weighted by Crippen LogP contribution is -2.13. The molecule has 0 spiro atoms. The largest absolute Gasteiger partial charge is 0.455 e. The lowest BCUT2D eigenvalue weighted by atomic mass is 10.2. The fourth-order valence-corrected chi connectivity index (χ4v) is 2.28. The van der Waals surface area contributed by atoms with Gasteiger partial charge in [-0.15, -0.1) is 6.58 Å². The van der Waals surface area contributed by atoms with Gasteiger partial charge >= 0.3 is 0 Å². The first-order chi connectivity index (χ1) is 12.8. The van der Waals surface area contributed by atoms with Gasteiger partial charge in [-0.1, -0.05) is 36.4 Å². The van der Waals surface area contributed by atoms with Crippen molar-refractivity contribution in [2.75, 3.05) is 17.2 Å². The topological polar surface area (TPSA) is 63.2 Å². The third-order valence-corrected chi connectivity index (χ3v) is 3.56. The summed E-state index contributed by atoms with van der Waals surface area (Å²) in [5, 5.41) is 5.93. The van der Waals surface area contributed by atoms with Gasteiger partial charge in [0.25, 0.3) is 5.91 Å². The van der Waals surface area contributed by atoms with Crippen molar-refractivity contribution in [1.82, 2.24) is 4.98 Å². The molecule has 1 aromatic heterocycles. The zero-order chi connectivity index (χ0) is 18.2. The van der Waals surface area contributed by atoms with E-state index in [1.165, 1.54) is 6.20 Å². The second-order valence-electron chi connectivity index (χ2n) is 5.47. The Morgan fingerprint density at radius 1 is 1.04 bits per heavy atom. The first-order valence-corrected chi connectivity index (χ1v) is 8.20. The van der Waals surface area contributed by atoms with Gasteiger partial charge in [0.15, 0.2) is 5.75 Å². The van der Waals surface area contributed by atoms with Crippen LogP contribution in [0.1, 0.15) is 10.4 Å². The first kappa shape index (κ1) is 17.2. The molecule has 0 aliphatic carbocycles.